The third-order valence-electron chi connectivity index (χ3n) is 5.83. The fourth-order valence-electron chi connectivity index (χ4n) is 5.37. The maximum atomic E-state index is 12.3. The van der Waals surface area contributed by atoms with Crippen LogP contribution in [0.5, 0.6) is 0 Å². The predicted octanol–water partition coefficient (Wildman–Crippen LogP) is 2.44. The largest absolute Gasteiger partial charge is 0.338 e. The zero-order valence-corrected chi connectivity index (χ0v) is 15.3. The number of nitrogens with zero attached hydrogens (tertiary/aromatic N) is 2. The number of hydrogen-bond acceptors (Lipinski definition) is 5. The van der Waals surface area contributed by atoms with Crippen LogP contribution >= 0.6 is 11.3 Å². The summed E-state index contributed by atoms with van der Waals surface area (Å²) in [6.07, 6.45) is 7.68. The van der Waals surface area contributed by atoms with Crippen molar-refractivity contribution in [1.82, 2.24) is 20.8 Å². The van der Waals surface area contributed by atoms with Crippen molar-refractivity contribution in [3.05, 3.63) is 5.01 Å². The Labute approximate surface area is 151 Å². The molecule has 4 saturated carbocycles. The second-order valence-electron chi connectivity index (χ2n) is 8.00. The highest BCUT2D eigenvalue weighted by Gasteiger charge is 2.51. The zero-order chi connectivity index (χ0) is 17.4. The Kier molecular flexibility index (Phi) is 4.39. The van der Waals surface area contributed by atoms with Crippen molar-refractivity contribution in [2.45, 2.75) is 57.4 Å². The van der Waals surface area contributed by atoms with Gasteiger partial charge in [0.15, 0.2) is 0 Å². The van der Waals surface area contributed by atoms with Crippen LogP contribution in [0.4, 0.5) is 9.93 Å². The highest BCUT2D eigenvalue weighted by molar-refractivity contribution is 7.15. The van der Waals surface area contributed by atoms with Crippen LogP contribution in [0, 0.1) is 24.7 Å². The summed E-state index contributed by atoms with van der Waals surface area (Å²) in [5.41, 5.74) is 0.00514. The lowest BCUT2D eigenvalue weighted by Gasteiger charge is -2.56. The number of hydrogen-bond donors (Lipinski definition) is 3. The SMILES string of the molecule is Cc1nnc(NC(=O)CCNC(=O)NC23CC4CC(CC(C4)C2)C3)s1. The summed E-state index contributed by atoms with van der Waals surface area (Å²) in [7, 11) is 0. The smallest absolute Gasteiger partial charge is 0.315 e. The fourth-order valence-corrected chi connectivity index (χ4v) is 5.98. The number of carbonyl (C=O) groups is 2. The first-order valence-electron chi connectivity index (χ1n) is 9.16. The van der Waals surface area contributed by atoms with E-state index in [1.54, 1.807) is 0 Å². The molecule has 4 bridgehead atoms. The first-order valence-corrected chi connectivity index (χ1v) is 9.97. The van der Waals surface area contributed by atoms with Crippen LogP contribution in [0.2, 0.25) is 0 Å². The average Bonchev–Trinajstić information content (AvgIpc) is 2.90. The molecule has 136 valence electrons. The molecule has 0 aliphatic heterocycles. The van der Waals surface area contributed by atoms with E-state index in [-0.39, 0.29) is 23.9 Å². The number of aromatic nitrogens is 2. The van der Waals surface area contributed by atoms with Gasteiger partial charge in [0.25, 0.3) is 0 Å². The molecule has 5 rings (SSSR count). The van der Waals surface area contributed by atoms with E-state index in [0.717, 1.165) is 42.0 Å². The molecule has 0 aromatic carbocycles. The molecule has 7 nitrogen and oxygen atoms in total. The number of anilines is 1. The molecule has 1 aromatic heterocycles. The van der Waals surface area contributed by atoms with Crippen LogP contribution in [0.15, 0.2) is 0 Å². The van der Waals surface area contributed by atoms with Crippen molar-refractivity contribution in [1.29, 1.82) is 0 Å². The number of urea groups is 1. The van der Waals surface area contributed by atoms with Gasteiger partial charge in [-0.2, -0.15) is 0 Å². The number of rotatable bonds is 5. The number of aryl methyl sites for hydroxylation is 1. The van der Waals surface area contributed by atoms with Crippen molar-refractivity contribution < 1.29 is 9.59 Å². The minimum atomic E-state index is -0.161. The second-order valence-corrected chi connectivity index (χ2v) is 9.18. The minimum Gasteiger partial charge on any atom is -0.338 e. The lowest BCUT2D eigenvalue weighted by atomic mass is 9.53. The highest BCUT2D eigenvalue weighted by atomic mass is 32.1. The zero-order valence-electron chi connectivity index (χ0n) is 14.5. The molecule has 0 spiro atoms. The summed E-state index contributed by atoms with van der Waals surface area (Å²) in [6, 6.07) is -0.137. The van der Waals surface area contributed by atoms with E-state index < -0.39 is 0 Å². The maximum absolute atomic E-state index is 12.3. The Balaban J connectivity index is 1.21. The molecule has 0 radical (unpaired) electrons. The molecule has 4 aliphatic rings. The highest BCUT2D eigenvalue weighted by Crippen LogP contribution is 2.55. The number of nitrogens with one attached hydrogen (secondary N) is 3. The van der Waals surface area contributed by atoms with Crippen LogP contribution in [-0.4, -0.2) is 34.2 Å². The van der Waals surface area contributed by atoms with Crippen LogP contribution < -0.4 is 16.0 Å². The van der Waals surface area contributed by atoms with E-state index >= 15 is 0 Å². The molecular weight excluding hydrogens is 338 g/mol. The fraction of sp³-hybridized carbons (Fsp3) is 0.765. The van der Waals surface area contributed by atoms with Gasteiger partial charge in [-0.1, -0.05) is 11.3 Å². The lowest BCUT2D eigenvalue weighted by Crippen LogP contribution is -2.61. The first-order chi connectivity index (χ1) is 12.0. The van der Waals surface area contributed by atoms with E-state index in [0.29, 0.717) is 11.7 Å². The Bertz CT molecular complexity index is 638. The monoisotopic (exact) mass is 363 g/mol. The van der Waals surface area contributed by atoms with Gasteiger partial charge < -0.3 is 16.0 Å². The molecule has 1 aromatic rings. The number of carbonyl (C=O) groups excluding carboxylic acids is 2. The summed E-state index contributed by atoms with van der Waals surface area (Å²) in [4.78, 5) is 24.2. The topological polar surface area (TPSA) is 96.0 Å². The Morgan fingerprint density at radius 1 is 1.12 bits per heavy atom. The number of amides is 3. The molecule has 3 N–H and O–H groups in total. The third-order valence-corrected chi connectivity index (χ3v) is 6.58. The van der Waals surface area contributed by atoms with Gasteiger partial charge >= 0.3 is 6.03 Å². The molecule has 0 unspecified atom stereocenters. The Hall–Kier alpha value is -1.70. The van der Waals surface area contributed by atoms with Gasteiger partial charge in [0.05, 0.1) is 0 Å². The van der Waals surface area contributed by atoms with Crippen molar-refractivity contribution in [3.8, 4) is 0 Å². The van der Waals surface area contributed by atoms with Gasteiger partial charge in [0.2, 0.25) is 11.0 Å². The van der Waals surface area contributed by atoms with Crippen LogP contribution in [0.25, 0.3) is 0 Å². The van der Waals surface area contributed by atoms with E-state index in [4.69, 9.17) is 0 Å². The Morgan fingerprint density at radius 2 is 1.76 bits per heavy atom. The van der Waals surface area contributed by atoms with E-state index in [1.807, 2.05) is 6.92 Å². The molecule has 8 heteroatoms. The normalized spacial score (nSPS) is 32.4. The van der Waals surface area contributed by atoms with Gasteiger partial charge in [0.1, 0.15) is 5.01 Å². The van der Waals surface area contributed by atoms with Crippen molar-refractivity contribution in [3.63, 3.8) is 0 Å². The molecule has 0 atom stereocenters. The molecule has 25 heavy (non-hydrogen) atoms. The maximum Gasteiger partial charge on any atom is 0.315 e. The summed E-state index contributed by atoms with van der Waals surface area (Å²) < 4.78 is 0. The molecular formula is C17H25N5O2S. The molecule has 1 heterocycles. The average molecular weight is 363 g/mol. The van der Waals surface area contributed by atoms with E-state index in [9.17, 15) is 9.59 Å². The van der Waals surface area contributed by atoms with Gasteiger partial charge in [-0.15, -0.1) is 10.2 Å². The van der Waals surface area contributed by atoms with Gasteiger partial charge in [-0.25, -0.2) is 4.79 Å². The molecule has 3 amide bonds. The van der Waals surface area contributed by atoms with Crippen LogP contribution in [0.3, 0.4) is 0 Å². The van der Waals surface area contributed by atoms with Gasteiger partial charge in [-0.3, -0.25) is 4.79 Å². The van der Waals surface area contributed by atoms with Crippen LogP contribution in [-0.2, 0) is 4.79 Å². The van der Waals surface area contributed by atoms with Crippen LogP contribution in [0.1, 0.15) is 50.0 Å². The molecule has 4 aliphatic carbocycles. The standard InChI is InChI=1S/C17H25N5O2S/c1-10-21-22-16(25-10)19-14(23)2-3-18-15(24)20-17-7-11-4-12(8-17)6-13(5-11)9-17/h11-13H,2-9H2,1H3,(H2,18,20,24)(H,19,22,23). The predicted molar refractivity (Wildman–Crippen MR) is 95.3 cm³/mol. The summed E-state index contributed by atoms with van der Waals surface area (Å²) in [5.74, 6) is 2.24. The second kappa shape index (κ2) is 6.55. The summed E-state index contributed by atoms with van der Waals surface area (Å²) in [5, 5.41) is 17.8. The van der Waals surface area contributed by atoms with Crippen molar-refractivity contribution >= 4 is 28.4 Å². The summed E-state index contributed by atoms with van der Waals surface area (Å²) >= 11 is 1.34. The lowest BCUT2D eigenvalue weighted by molar-refractivity contribution is -0.116. The molecule has 4 fully saturated rings. The van der Waals surface area contributed by atoms with Crippen molar-refractivity contribution in [2.24, 2.45) is 17.8 Å². The summed E-state index contributed by atoms with van der Waals surface area (Å²) in [6.45, 7) is 2.16. The molecule has 0 saturated heterocycles. The van der Waals surface area contributed by atoms with Gasteiger partial charge in [-0.05, 0) is 63.2 Å². The minimum absolute atomic E-state index is 0.00514. The quantitative estimate of drug-likeness (QED) is 0.749. The first kappa shape index (κ1) is 16.8. The van der Waals surface area contributed by atoms with E-state index in [2.05, 4.69) is 26.1 Å². The Morgan fingerprint density at radius 3 is 2.32 bits per heavy atom. The van der Waals surface area contributed by atoms with Crippen molar-refractivity contribution in [2.75, 3.05) is 11.9 Å². The third kappa shape index (κ3) is 3.78. The van der Waals surface area contributed by atoms with Gasteiger partial charge in [0, 0.05) is 18.5 Å². The van der Waals surface area contributed by atoms with E-state index in [1.165, 1.54) is 30.6 Å².